The molecule has 2 aromatic rings. The fourth-order valence-electron chi connectivity index (χ4n) is 3.60. The average Bonchev–Trinajstić information content (AvgIpc) is 3.31. The van der Waals surface area contributed by atoms with Crippen molar-refractivity contribution < 1.29 is 18.7 Å². The summed E-state index contributed by atoms with van der Waals surface area (Å²) in [6.07, 6.45) is 7.20. The van der Waals surface area contributed by atoms with Crippen molar-refractivity contribution in [3.8, 4) is 11.5 Å². The molecule has 2 aliphatic rings. The van der Waals surface area contributed by atoms with Crippen LogP contribution in [-0.2, 0) is 6.54 Å². The SMILES string of the molecule is O=C(c1ccco1)N(Cc1cccc2c1OCO2)C1CCCCC1. The fraction of sp³-hybridized carbons (Fsp3) is 0.421. The molecule has 1 aliphatic heterocycles. The van der Waals surface area contributed by atoms with Crippen molar-refractivity contribution in [3.63, 3.8) is 0 Å². The molecule has 2 heterocycles. The molecule has 0 bridgehead atoms. The van der Waals surface area contributed by atoms with Gasteiger partial charge in [-0.15, -0.1) is 0 Å². The first-order chi connectivity index (χ1) is 11.8. The second-order valence-corrected chi connectivity index (χ2v) is 6.35. The summed E-state index contributed by atoms with van der Waals surface area (Å²) in [5, 5.41) is 0. The number of hydrogen-bond donors (Lipinski definition) is 0. The maximum Gasteiger partial charge on any atom is 0.290 e. The predicted octanol–water partition coefficient (Wildman–Crippen LogP) is 3.98. The largest absolute Gasteiger partial charge is 0.459 e. The van der Waals surface area contributed by atoms with Crippen molar-refractivity contribution in [1.82, 2.24) is 4.90 Å². The van der Waals surface area contributed by atoms with Crippen LogP contribution in [0.5, 0.6) is 11.5 Å². The number of carbonyl (C=O) groups is 1. The van der Waals surface area contributed by atoms with Gasteiger partial charge in [0.2, 0.25) is 6.79 Å². The van der Waals surface area contributed by atoms with E-state index in [0.29, 0.717) is 12.3 Å². The van der Waals surface area contributed by atoms with Crippen molar-refractivity contribution in [1.29, 1.82) is 0 Å². The molecular weight excluding hydrogens is 306 g/mol. The quantitative estimate of drug-likeness (QED) is 0.852. The van der Waals surface area contributed by atoms with Crippen molar-refractivity contribution in [2.75, 3.05) is 6.79 Å². The van der Waals surface area contributed by atoms with Crippen LogP contribution in [0.4, 0.5) is 0 Å². The minimum Gasteiger partial charge on any atom is -0.459 e. The molecule has 1 aromatic heterocycles. The number of hydrogen-bond acceptors (Lipinski definition) is 4. The molecule has 1 saturated carbocycles. The molecule has 126 valence electrons. The van der Waals surface area contributed by atoms with E-state index in [0.717, 1.165) is 29.9 Å². The summed E-state index contributed by atoms with van der Waals surface area (Å²) < 4.78 is 16.4. The van der Waals surface area contributed by atoms with Crippen LogP contribution in [0.2, 0.25) is 0 Å². The Kier molecular flexibility index (Phi) is 4.15. The Morgan fingerprint density at radius 3 is 2.75 bits per heavy atom. The Bertz CT molecular complexity index is 704. The zero-order valence-corrected chi connectivity index (χ0v) is 13.6. The van der Waals surface area contributed by atoms with E-state index in [1.807, 2.05) is 23.1 Å². The molecule has 5 heteroatoms. The second-order valence-electron chi connectivity index (χ2n) is 6.35. The summed E-state index contributed by atoms with van der Waals surface area (Å²) in [5.41, 5.74) is 0.982. The van der Waals surface area contributed by atoms with Crippen LogP contribution in [0.1, 0.15) is 48.2 Å². The maximum atomic E-state index is 13.0. The van der Waals surface area contributed by atoms with Crippen LogP contribution >= 0.6 is 0 Å². The summed E-state index contributed by atoms with van der Waals surface area (Å²) in [5.74, 6) is 1.85. The van der Waals surface area contributed by atoms with Gasteiger partial charge < -0.3 is 18.8 Å². The Hall–Kier alpha value is -2.43. The first-order valence-corrected chi connectivity index (χ1v) is 8.55. The van der Waals surface area contributed by atoms with Gasteiger partial charge in [0.25, 0.3) is 5.91 Å². The van der Waals surface area contributed by atoms with Gasteiger partial charge in [-0.2, -0.15) is 0 Å². The van der Waals surface area contributed by atoms with Crippen molar-refractivity contribution >= 4 is 5.91 Å². The molecule has 0 N–H and O–H groups in total. The summed E-state index contributed by atoms with van der Waals surface area (Å²) in [6, 6.07) is 9.56. The topological polar surface area (TPSA) is 51.9 Å². The zero-order chi connectivity index (χ0) is 16.4. The highest BCUT2D eigenvalue weighted by Crippen LogP contribution is 2.37. The lowest BCUT2D eigenvalue weighted by Crippen LogP contribution is -2.40. The van der Waals surface area contributed by atoms with E-state index >= 15 is 0 Å². The van der Waals surface area contributed by atoms with Crippen LogP contribution in [0.15, 0.2) is 41.0 Å². The normalized spacial score (nSPS) is 17.0. The molecule has 1 aromatic carbocycles. The van der Waals surface area contributed by atoms with Crippen molar-refractivity contribution in [2.24, 2.45) is 0 Å². The number of carbonyl (C=O) groups excluding carboxylic acids is 1. The standard InChI is InChI=1S/C19H21NO4/c21-19(17-10-5-11-22-17)20(15-7-2-1-3-8-15)12-14-6-4-9-16-18(14)24-13-23-16/h4-6,9-11,15H,1-3,7-8,12-13H2. The van der Waals surface area contributed by atoms with Gasteiger partial charge in [0.15, 0.2) is 17.3 Å². The number of ether oxygens (including phenoxy) is 2. The molecule has 24 heavy (non-hydrogen) atoms. The molecule has 5 nitrogen and oxygen atoms in total. The molecule has 0 spiro atoms. The van der Waals surface area contributed by atoms with Crippen LogP contribution in [0.3, 0.4) is 0 Å². The number of furan rings is 1. The van der Waals surface area contributed by atoms with E-state index in [2.05, 4.69) is 0 Å². The number of nitrogens with zero attached hydrogens (tertiary/aromatic N) is 1. The van der Waals surface area contributed by atoms with E-state index in [1.54, 1.807) is 18.4 Å². The highest BCUT2D eigenvalue weighted by molar-refractivity contribution is 5.91. The van der Waals surface area contributed by atoms with Crippen LogP contribution in [0, 0.1) is 0 Å². The Labute approximate surface area is 141 Å². The lowest BCUT2D eigenvalue weighted by molar-refractivity contribution is 0.0579. The van der Waals surface area contributed by atoms with Gasteiger partial charge in [-0.3, -0.25) is 4.79 Å². The minimum atomic E-state index is -0.0524. The number of benzene rings is 1. The Balaban J connectivity index is 1.63. The molecule has 1 fully saturated rings. The molecule has 4 rings (SSSR count). The van der Waals surface area contributed by atoms with Crippen LogP contribution < -0.4 is 9.47 Å². The third kappa shape index (κ3) is 2.86. The number of fused-ring (bicyclic) bond motifs is 1. The maximum absolute atomic E-state index is 13.0. The summed E-state index contributed by atoms with van der Waals surface area (Å²) in [6.45, 7) is 0.749. The van der Waals surface area contributed by atoms with Gasteiger partial charge in [0, 0.05) is 11.6 Å². The minimum absolute atomic E-state index is 0.0524. The monoisotopic (exact) mass is 327 g/mol. The van der Waals surface area contributed by atoms with E-state index < -0.39 is 0 Å². The lowest BCUT2D eigenvalue weighted by Gasteiger charge is -2.34. The van der Waals surface area contributed by atoms with Crippen molar-refractivity contribution in [2.45, 2.75) is 44.7 Å². The van der Waals surface area contributed by atoms with E-state index in [4.69, 9.17) is 13.9 Å². The van der Waals surface area contributed by atoms with Crippen LogP contribution in [0.25, 0.3) is 0 Å². The second kappa shape index (κ2) is 6.59. The predicted molar refractivity (Wildman–Crippen MR) is 88.0 cm³/mol. The highest BCUT2D eigenvalue weighted by Gasteiger charge is 2.29. The third-order valence-electron chi connectivity index (χ3n) is 4.83. The van der Waals surface area contributed by atoms with Crippen LogP contribution in [-0.4, -0.2) is 23.6 Å². The lowest BCUT2D eigenvalue weighted by atomic mass is 9.93. The number of rotatable bonds is 4. The molecule has 0 radical (unpaired) electrons. The van der Waals surface area contributed by atoms with E-state index in [9.17, 15) is 4.79 Å². The third-order valence-corrected chi connectivity index (χ3v) is 4.83. The van der Waals surface area contributed by atoms with Gasteiger partial charge in [-0.1, -0.05) is 31.4 Å². The Morgan fingerprint density at radius 1 is 1.08 bits per heavy atom. The average molecular weight is 327 g/mol. The van der Waals surface area contributed by atoms with Gasteiger partial charge in [0.05, 0.1) is 12.8 Å². The van der Waals surface area contributed by atoms with Gasteiger partial charge in [-0.05, 0) is 31.0 Å². The molecule has 1 amide bonds. The first-order valence-electron chi connectivity index (χ1n) is 8.55. The molecule has 0 unspecified atom stereocenters. The highest BCUT2D eigenvalue weighted by atomic mass is 16.7. The molecule has 0 saturated heterocycles. The zero-order valence-electron chi connectivity index (χ0n) is 13.6. The Morgan fingerprint density at radius 2 is 1.96 bits per heavy atom. The molecular formula is C19H21NO4. The van der Waals surface area contributed by atoms with Crippen molar-refractivity contribution in [3.05, 3.63) is 47.9 Å². The molecule has 1 aliphatic carbocycles. The van der Waals surface area contributed by atoms with E-state index in [1.165, 1.54) is 19.3 Å². The van der Waals surface area contributed by atoms with Gasteiger partial charge in [0.1, 0.15) is 0 Å². The number of para-hydroxylation sites is 1. The van der Waals surface area contributed by atoms with Gasteiger partial charge >= 0.3 is 0 Å². The summed E-state index contributed by atoms with van der Waals surface area (Å²) in [7, 11) is 0. The van der Waals surface area contributed by atoms with Gasteiger partial charge in [-0.25, -0.2) is 0 Å². The summed E-state index contributed by atoms with van der Waals surface area (Å²) >= 11 is 0. The summed E-state index contributed by atoms with van der Waals surface area (Å²) in [4.78, 5) is 14.9. The first kappa shape index (κ1) is 15.1. The van der Waals surface area contributed by atoms with E-state index in [-0.39, 0.29) is 18.7 Å². The smallest absolute Gasteiger partial charge is 0.290 e. The molecule has 0 atom stereocenters. The number of amides is 1. The fourth-order valence-corrected chi connectivity index (χ4v) is 3.60.